The molecule has 0 aromatic carbocycles. The van der Waals surface area contributed by atoms with E-state index in [1.807, 2.05) is 32.3 Å². The van der Waals surface area contributed by atoms with Gasteiger partial charge in [-0.15, -0.1) is 0 Å². The van der Waals surface area contributed by atoms with E-state index in [-0.39, 0.29) is 18.1 Å². The molecule has 0 bridgehead atoms. The van der Waals surface area contributed by atoms with Gasteiger partial charge in [0.2, 0.25) is 5.91 Å². The summed E-state index contributed by atoms with van der Waals surface area (Å²) < 4.78 is 7.71. The predicted octanol–water partition coefficient (Wildman–Crippen LogP) is 1.80. The smallest absolute Gasteiger partial charge is 0.248 e. The highest BCUT2D eigenvalue weighted by Crippen LogP contribution is 2.28. The van der Waals surface area contributed by atoms with Gasteiger partial charge in [0.05, 0.1) is 23.4 Å². The van der Waals surface area contributed by atoms with E-state index in [4.69, 9.17) is 9.72 Å². The highest BCUT2D eigenvalue weighted by molar-refractivity contribution is 5.91. The Balaban J connectivity index is 1.73. The maximum absolute atomic E-state index is 13.5. The van der Waals surface area contributed by atoms with Gasteiger partial charge < -0.3 is 24.6 Å². The van der Waals surface area contributed by atoms with Crippen LogP contribution in [0.25, 0.3) is 22.6 Å². The zero-order valence-electron chi connectivity index (χ0n) is 20.5. The first-order valence-electron chi connectivity index (χ1n) is 11.5. The van der Waals surface area contributed by atoms with Crippen molar-refractivity contribution in [2.24, 2.45) is 0 Å². The zero-order chi connectivity index (χ0) is 24.6. The number of carbonyl (C=O) groups is 1. The van der Waals surface area contributed by atoms with Crippen LogP contribution < -0.4 is 5.32 Å². The normalized spacial score (nSPS) is 19.9. The van der Waals surface area contributed by atoms with Crippen molar-refractivity contribution in [1.29, 1.82) is 0 Å². The second kappa shape index (κ2) is 9.22. The molecule has 3 aromatic heterocycles. The summed E-state index contributed by atoms with van der Waals surface area (Å²) >= 11 is 0. The van der Waals surface area contributed by atoms with Crippen LogP contribution in [-0.4, -0.2) is 82.3 Å². The molecule has 3 atom stereocenters. The minimum absolute atomic E-state index is 0.0829. The lowest BCUT2D eigenvalue weighted by Crippen LogP contribution is -2.58. The van der Waals surface area contributed by atoms with Crippen molar-refractivity contribution < 1.29 is 14.6 Å². The number of amides is 1. The molecule has 0 aliphatic carbocycles. The summed E-state index contributed by atoms with van der Waals surface area (Å²) in [5, 5.41) is 14.1. The topological polar surface area (TPSA) is 131 Å². The highest BCUT2D eigenvalue weighted by Gasteiger charge is 2.39. The fraction of sp³-hybridized carbons (Fsp3) is 0.565. The highest BCUT2D eigenvalue weighted by atomic mass is 16.5. The first kappa shape index (κ1) is 24.0. The van der Waals surface area contributed by atoms with Crippen molar-refractivity contribution in [2.45, 2.75) is 71.9 Å². The van der Waals surface area contributed by atoms with E-state index in [0.29, 0.717) is 48.3 Å². The van der Waals surface area contributed by atoms with Crippen LogP contribution in [0.15, 0.2) is 18.7 Å². The van der Waals surface area contributed by atoms with Crippen LogP contribution in [0.4, 0.5) is 5.82 Å². The molecule has 34 heavy (non-hydrogen) atoms. The first-order chi connectivity index (χ1) is 16.1. The Kier molecular flexibility index (Phi) is 6.50. The Morgan fingerprint density at radius 1 is 1.21 bits per heavy atom. The third kappa shape index (κ3) is 4.71. The molecular weight excluding hydrogens is 436 g/mol. The molecule has 2 N–H and O–H groups in total. The van der Waals surface area contributed by atoms with Crippen LogP contribution in [0.2, 0.25) is 0 Å². The lowest BCUT2D eigenvalue weighted by atomic mass is 9.96. The van der Waals surface area contributed by atoms with Crippen LogP contribution in [0.5, 0.6) is 0 Å². The molecule has 1 amide bonds. The molecular formula is C23H32N8O3. The van der Waals surface area contributed by atoms with Gasteiger partial charge in [-0.1, -0.05) is 0 Å². The number of ether oxygens (including phenoxy) is 1. The number of nitrogens with zero attached hydrogens (tertiary/aromatic N) is 7. The molecule has 0 saturated carbocycles. The van der Waals surface area contributed by atoms with Gasteiger partial charge in [-0.05, 0) is 41.5 Å². The molecule has 11 heteroatoms. The van der Waals surface area contributed by atoms with Gasteiger partial charge in [0, 0.05) is 32.0 Å². The molecule has 1 aliphatic rings. The van der Waals surface area contributed by atoms with E-state index in [2.05, 4.69) is 25.3 Å². The number of morpholine rings is 1. The lowest BCUT2D eigenvalue weighted by Gasteiger charge is -2.39. The average Bonchev–Trinajstić information content (AvgIpc) is 3.15. The Hall–Kier alpha value is -3.18. The fourth-order valence-corrected chi connectivity index (χ4v) is 4.29. The fourth-order valence-electron chi connectivity index (χ4n) is 4.29. The standard InChI is InChI=1S/C23H32N8O3/c1-7-31-20(16-8-24-15(4)25-9-16)28-17-19(26-12-27-21(17)31)29-18(23(5,6)33)22(32)30-10-13(2)34-14(3)11-30/h8-9,12-14,18,33H,7,10-11H2,1-6H3,(H,26,27,29)/t13-,14+,18-/m0/s1. The van der Waals surface area contributed by atoms with E-state index in [1.54, 1.807) is 31.1 Å². The zero-order valence-corrected chi connectivity index (χ0v) is 20.5. The van der Waals surface area contributed by atoms with E-state index >= 15 is 0 Å². The van der Waals surface area contributed by atoms with Gasteiger partial charge in [0.15, 0.2) is 17.0 Å². The predicted molar refractivity (Wildman–Crippen MR) is 127 cm³/mol. The number of hydrogen-bond donors (Lipinski definition) is 2. The lowest BCUT2D eigenvalue weighted by molar-refractivity contribution is -0.148. The first-order valence-corrected chi connectivity index (χ1v) is 11.5. The number of carbonyl (C=O) groups excluding carboxylic acids is 1. The summed E-state index contributed by atoms with van der Waals surface area (Å²) in [5.74, 6) is 1.48. The number of aryl methyl sites for hydroxylation is 2. The van der Waals surface area contributed by atoms with Crippen molar-refractivity contribution in [3.05, 3.63) is 24.5 Å². The van der Waals surface area contributed by atoms with Gasteiger partial charge in [-0.25, -0.2) is 24.9 Å². The van der Waals surface area contributed by atoms with Crippen molar-refractivity contribution in [2.75, 3.05) is 18.4 Å². The molecule has 182 valence electrons. The second-order valence-electron chi connectivity index (χ2n) is 9.32. The third-order valence-corrected chi connectivity index (χ3v) is 5.85. The molecule has 1 aliphatic heterocycles. The summed E-state index contributed by atoms with van der Waals surface area (Å²) in [5.41, 5.74) is 0.514. The van der Waals surface area contributed by atoms with Gasteiger partial charge >= 0.3 is 0 Å². The molecule has 4 rings (SSSR count). The quantitative estimate of drug-likeness (QED) is 0.556. The summed E-state index contributed by atoms with van der Waals surface area (Å²) in [7, 11) is 0. The van der Waals surface area contributed by atoms with Crippen LogP contribution in [0.3, 0.4) is 0 Å². The monoisotopic (exact) mass is 468 g/mol. The Morgan fingerprint density at radius 2 is 1.85 bits per heavy atom. The number of aromatic nitrogens is 6. The molecule has 1 fully saturated rings. The summed E-state index contributed by atoms with van der Waals surface area (Å²) in [6.07, 6.45) is 4.71. The van der Waals surface area contributed by atoms with Gasteiger partial charge in [0.1, 0.15) is 24.0 Å². The van der Waals surface area contributed by atoms with E-state index < -0.39 is 11.6 Å². The third-order valence-electron chi connectivity index (χ3n) is 5.85. The SMILES string of the molecule is CCn1c(-c2cnc(C)nc2)nc2c(N[C@@H](C(=O)N3C[C@@H](C)O[C@@H](C)C3)C(C)(C)O)ncnc21. The molecule has 0 spiro atoms. The van der Waals surface area contributed by atoms with E-state index in [9.17, 15) is 9.90 Å². The Labute approximate surface area is 198 Å². The molecule has 3 aromatic rings. The Bertz CT molecular complexity index is 1160. The second-order valence-corrected chi connectivity index (χ2v) is 9.32. The maximum atomic E-state index is 13.5. The minimum Gasteiger partial charge on any atom is -0.388 e. The van der Waals surface area contributed by atoms with E-state index in [0.717, 1.165) is 5.56 Å². The molecule has 11 nitrogen and oxygen atoms in total. The van der Waals surface area contributed by atoms with Gasteiger partial charge in [0.25, 0.3) is 0 Å². The molecule has 0 radical (unpaired) electrons. The van der Waals surface area contributed by atoms with E-state index in [1.165, 1.54) is 6.33 Å². The largest absolute Gasteiger partial charge is 0.388 e. The van der Waals surface area contributed by atoms with Crippen molar-refractivity contribution in [3.63, 3.8) is 0 Å². The molecule has 4 heterocycles. The van der Waals surface area contributed by atoms with Gasteiger partial charge in [-0.2, -0.15) is 0 Å². The Morgan fingerprint density at radius 3 is 2.44 bits per heavy atom. The van der Waals surface area contributed by atoms with Crippen LogP contribution >= 0.6 is 0 Å². The van der Waals surface area contributed by atoms with Gasteiger partial charge in [-0.3, -0.25) is 4.79 Å². The molecule has 1 saturated heterocycles. The van der Waals surface area contributed by atoms with Crippen molar-refractivity contribution in [1.82, 2.24) is 34.4 Å². The number of aliphatic hydroxyl groups is 1. The van der Waals surface area contributed by atoms with Crippen molar-refractivity contribution >= 4 is 22.9 Å². The summed E-state index contributed by atoms with van der Waals surface area (Å²) in [4.78, 5) is 37.4. The van der Waals surface area contributed by atoms with Crippen molar-refractivity contribution in [3.8, 4) is 11.4 Å². The number of rotatable bonds is 6. The van der Waals surface area contributed by atoms with Crippen LogP contribution in [0.1, 0.15) is 40.4 Å². The number of fused-ring (bicyclic) bond motifs is 1. The number of anilines is 1. The summed E-state index contributed by atoms with van der Waals surface area (Å²) in [6.45, 7) is 12.4. The summed E-state index contributed by atoms with van der Waals surface area (Å²) in [6, 6.07) is -0.943. The maximum Gasteiger partial charge on any atom is 0.248 e. The number of hydrogen-bond acceptors (Lipinski definition) is 9. The number of imidazole rings is 1. The van der Waals surface area contributed by atoms with Crippen LogP contribution in [0, 0.1) is 6.92 Å². The molecule has 0 unspecified atom stereocenters. The van der Waals surface area contributed by atoms with Crippen LogP contribution in [-0.2, 0) is 16.1 Å². The number of nitrogens with one attached hydrogen (secondary N) is 1. The average molecular weight is 469 g/mol. The minimum atomic E-state index is -1.36.